The zero-order chi connectivity index (χ0) is 13.7. The van der Waals surface area contributed by atoms with Crippen molar-refractivity contribution in [3.8, 4) is 5.75 Å². The maximum Gasteiger partial charge on any atom is 0.339 e. The van der Waals surface area contributed by atoms with Crippen LogP contribution in [-0.4, -0.2) is 18.1 Å². The largest absolute Gasteiger partial charge is 0.487 e. The summed E-state index contributed by atoms with van der Waals surface area (Å²) in [6.07, 6.45) is 1.62. The van der Waals surface area contributed by atoms with Gasteiger partial charge in [-0.1, -0.05) is 0 Å². The summed E-state index contributed by atoms with van der Waals surface area (Å²) in [5.74, 6) is 0.330. The lowest BCUT2D eigenvalue weighted by Crippen LogP contribution is -2.09. The first-order chi connectivity index (χ1) is 9.20. The van der Waals surface area contributed by atoms with Crippen molar-refractivity contribution < 1.29 is 14.3 Å². The number of methoxy groups -OCH3 is 1. The van der Waals surface area contributed by atoms with Crippen LogP contribution in [0.4, 0.5) is 0 Å². The Morgan fingerprint density at radius 3 is 2.68 bits per heavy atom. The van der Waals surface area contributed by atoms with Crippen LogP contribution >= 0.6 is 22.6 Å². The lowest BCUT2D eigenvalue weighted by atomic mass is 10.2. The minimum Gasteiger partial charge on any atom is -0.487 e. The van der Waals surface area contributed by atoms with E-state index in [1.807, 2.05) is 24.3 Å². The molecule has 0 fully saturated rings. The van der Waals surface area contributed by atoms with E-state index in [0.29, 0.717) is 11.3 Å². The summed E-state index contributed by atoms with van der Waals surface area (Å²) < 4.78 is 11.5. The van der Waals surface area contributed by atoms with Crippen molar-refractivity contribution >= 4 is 28.6 Å². The number of hydrogen-bond donors (Lipinski definition) is 0. The van der Waals surface area contributed by atoms with Crippen LogP contribution in [0.1, 0.15) is 16.1 Å². The van der Waals surface area contributed by atoms with Crippen LogP contribution in [0.3, 0.4) is 0 Å². The molecule has 0 radical (unpaired) electrons. The van der Waals surface area contributed by atoms with E-state index in [-0.39, 0.29) is 6.61 Å². The Hall–Kier alpha value is -1.63. The summed E-state index contributed by atoms with van der Waals surface area (Å²) in [6, 6.07) is 11.0. The number of rotatable bonds is 4. The van der Waals surface area contributed by atoms with Gasteiger partial charge in [0.1, 0.15) is 12.4 Å². The van der Waals surface area contributed by atoms with E-state index in [9.17, 15) is 4.79 Å². The molecule has 5 heteroatoms. The Morgan fingerprint density at radius 2 is 2.00 bits per heavy atom. The van der Waals surface area contributed by atoms with Crippen LogP contribution in [0.25, 0.3) is 0 Å². The standard InChI is InChI=1S/C14H12INO3/c1-18-14(17)12-3-2-8-16-13(12)9-19-11-6-4-10(15)5-7-11/h2-8H,9H2,1H3. The lowest BCUT2D eigenvalue weighted by molar-refractivity contribution is 0.0597. The molecule has 0 spiro atoms. The number of halogens is 1. The predicted molar refractivity (Wildman–Crippen MR) is 79.1 cm³/mol. The molecule has 4 nitrogen and oxygen atoms in total. The minimum atomic E-state index is -0.408. The van der Waals surface area contributed by atoms with Gasteiger partial charge in [0.05, 0.1) is 18.4 Å². The van der Waals surface area contributed by atoms with E-state index in [2.05, 4.69) is 27.6 Å². The van der Waals surface area contributed by atoms with Crippen LogP contribution < -0.4 is 4.74 Å². The maximum absolute atomic E-state index is 11.6. The van der Waals surface area contributed by atoms with E-state index in [1.165, 1.54) is 7.11 Å². The van der Waals surface area contributed by atoms with E-state index < -0.39 is 5.97 Å². The smallest absolute Gasteiger partial charge is 0.339 e. The quantitative estimate of drug-likeness (QED) is 0.614. The van der Waals surface area contributed by atoms with Crippen molar-refractivity contribution in [1.82, 2.24) is 4.98 Å². The number of aromatic nitrogens is 1. The molecule has 2 rings (SSSR count). The first-order valence-corrected chi connectivity index (χ1v) is 6.69. The molecule has 0 amide bonds. The molecule has 19 heavy (non-hydrogen) atoms. The number of hydrogen-bond acceptors (Lipinski definition) is 4. The van der Waals surface area contributed by atoms with Crippen LogP contribution in [0.15, 0.2) is 42.6 Å². The molecule has 2 aromatic rings. The fraction of sp³-hybridized carbons (Fsp3) is 0.143. The average Bonchev–Trinajstić information content (AvgIpc) is 2.46. The highest BCUT2D eigenvalue weighted by Gasteiger charge is 2.12. The number of nitrogens with zero attached hydrogens (tertiary/aromatic N) is 1. The fourth-order valence-electron chi connectivity index (χ4n) is 1.53. The number of carbonyl (C=O) groups is 1. The maximum atomic E-state index is 11.6. The minimum absolute atomic E-state index is 0.228. The topological polar surface area (TPSA) is 48.4 Å². The van der Waals surface area contributed by atoms with Gasteiger partial charge in [-0.2, -0.15) is 0 Å². The summed E-state index contributed by atoms with van der Waals surface area (Å²) >= 11 is 2.23. The van der Waals surface area contributed by atoms with Gasteiger partial charge in [0.2, 0.25) is 0 Å². The number of pyridine rings is 1. The number of benzene rings is 1. The Balaban J connectivity index is 2.11. The van der Waals surface area contributed by atoms with E-state index in [4.69, 9.17) is 9.47 Å². The van der Waals surface area contributed by atoms with Crippen molar-refractivity contribution in [3.63, 3.8) is 0 Å². The Kier molecular flexibility index (Phi) is 4.73. The number of ether oxygens (including phenoxy) is 2. The van der Waals surface area contributed by atoms with Crippen LogP contribution in [0.5, 0.6) is 5.75 Å². The van der Waals surface area contributed by atoms with Crippen molar-refractivity contribution in [2.24, 2.45) is 0 Å². The molecule has 0 atom stereocenters. The van der Waals surface area contributed by atoms with Gasteiger partial charge in [0.15, 0.2) is 0 Å². The fourth-order valence-corrected chi connectivity index (χ4v) is 1.89. The average molecular weight is 369 g/mol. The molecule has 98 valence electrons. The first kappa shape index (κ1) is 13.8. The zero-order valence-corrected chi connectivity index (χ0v) is 12.5. The van der Waals surface area contributed by atoms with Gasteiger partial charge in [0.25, 0.3) is 0 Å². The molecule has 0 aliphatic carbocycles. The summed E-state index contributed by atoms with van der Waals surface area (Å²) in [5.41, 5.74) is 0.989. The molecule has 1 heterocycles. The van der Waals surface area contributed by atoms with E-state index in [0.717, 1.165) is 9.32 Å². The number of carbonyl (C=O) groups excluding carboxylic acids is 1. The van der Waals surface area contributed by atoms with Gasteiger partial charge in [-0.25, -0.2) is 4.79 Å². The van der Waals surface area contributed by atoms with Crippen LogP contribution in [-0.2, 0) is 11.3 Å². The highest BCUT2D eigenvalue weighted by atomic mass is 127. The molecular formula is C14H12INO3. The summed E-state index contributed by atoms with van der Waals surface area (Å²) in [6.45, 7) is 0.228. The number of esters is 1. The Bertz CT molecular complexity index is 569. The summed E-state index contributed by atoms with van der Waals surface area (Å²) in [7, 11) is 1.35. The summed E-state index contributed by atoms with van der Waals surface area (Å²) in [5, 5.41) is 0. The van der Waals surface area contributed by atoms with E-state index in [1.54, 1.807) is 18.3 Å². The second-order valence-corrected chi connectivity index (χ2v) is 4.98. The highest BCUT2D eigenvalue weighted by molar-refractivity contribution is 14.1. The van der Waals surface area contributed by atoms with Gasteiger partial charge in [-0.05, 0) is 59.0 Å². The van der Waals surface area contributed by atoms with Crippen molar-refractivity contribution in [1.29, 1.82) is 0 Å². The lowest BCUT2D eigenvalue weighted by Gasteiger charge is -2.08. The SMILES string of the molecule is COC(=O)c1cccnc1COc1ccc(I)cc1. The van der Waals surface area contributed by atoms with Crippen LogP contribution in [0, 0.1) is 3.57 Å². The van der Waals surface area contributed by atoms with Gasteiger partial charge < -0.3 is 9.47 Å². The van der Waals surface area contributed by atoms with Gasteiger partial charge in [0, 0.05) is 9.77 Å². The molecule has 0 aliphatic heterocycles. The Morgan fingerprint density at radius 1 is 1.26 bits per heavy atom. The van der Waals surface area contributed by atoms with Crippen molar-refractivity contribution in [2.45, 2.75) is 6.61 Å². The van der Waals surface area contributed by atoms with E-state index >= 15 is 0 Å². The molecule has 0 bridgehead atoms. The summed E-state index contributed by atoms with van der Waals surface area (Å²) in [4.78, 5) is 15.7. The molecule has 0 unspecified atom stereocenters. The second-order valence-electron chi connectivity index (χ2n) is 3.73. The third-order valence-electron chi connectivity index (χ3n) is 2.48. The molecular weight excluding hydrogens is 357 g/mol. The second kappa shape index (κ2) is 6.51. The molecule has 0 N–H and O–H groups in total. The molecule has 1 aromatic carbocycles. The van der Waals surface area contributed by atoms with Gasteiger partial charge in [-0.15, -0.1) is 0 Å². The van der Waals surface area contributed by atoms with Gasteiger partial charge in [-0.3, -0.25) is 4.98 Å². The normalized spacial score (nSPS) is 10.0. The highest BCUT2D eigenvalue weighted by Crippen LogP contribution is 2.16. The zero-order valence-electron chi connectivity index (χ0n) is 10.3. The van der Waals surface area contributed by atoms with Crippen LogP contribution in [0.2, 0.25) is 0 Å². The Labute approximate surface area is 124 Å². The third-order valence-corrected chi connectivity index (χ3v) is 3.20. The third kappa shape index (κ3) is 3.66. The predicted octanol–water partition coefficient (Wildman–Crippen LogP) is 3.05. The monoisotopic (exact) mass is 369 g/mol. The molecule has 0 saturated carbocycles. The molecule has 0 saturated heterocycles. The van der Waals surface area contributed by atoms with Gasteiger partial charge >= 0.3 is 5.97 Å². The first-order valence-electron chi connectivity index (χ1n) is 5.61. The molecule has 1 aromatic heterocycles. The van der Waals surface area contributed by atoms with Crippen molar-refractivity contribution in [3.05, 3.63) is 57.4 Å². The molecule has 0 aliphatic rings. The van der Waals surface area contributed by atoms with Crippen molar-refractivity contribution in [2.75, 3.05) is 7.11 Å².